The molecule has 1 unspecified atom stereocenters. The van der Waals surface area contributed by atoms with Crippen molar-refractivity contribution in [3.63, 3.8) is 0 Å². The lowest BCUT2D eigenvalue weighted by molar-refractivity contribution is 0.263. The lowest BCUT2D eigenvalue weighted by Gasteiger charge is -2.30. The van der Waals surface area contributed by atoms with Crippen molar-refractivity contribution in [1.82, 2.24) is 14.9 Å². The molecule has 2 aliphatic carbocycles. The first-order valence-corrected chi connectivity index (χ1v) is 15.5. The minimum atomic E-state index is 0.659. The summed E-state index contributed by atoms with van der Waals surface area (Å²) in [6.07, 6.45) is 23.9. The van der Waals surface area contributed by atoms with Gasteiger partial charge in [0.2, 0.25) is 0 Å². The molecular formula is C36H66N4. The summed E-state index contributed by atoms with van der Waals surface area (Å²) in [4.78, 5) is 3.89. The number of nitrogens with zero attached hydrogens (tertiary/aromatic N) is 2. The highest BCUT2D eigenvalue weighted by Crippen LogP contribution is 2.40. The topological polar surface area (TPSA) is 55.9 Å². The van der Waals surface area contributed by atoms with Gasteiger partial charge >= 0.3 is 0 Å². The van der Waals surface area contributed by atoms with Crippen molar-refractivity contribution in [3.8, 4) is 0 Å². The molecule has 0 spiro atoms. The molecule has 4 heteroatoms. The molecule has 1 atom stereocenters. The van der Waals surface area contributed by atoms with Crippen molar-refractivity contribution in [2.75, 3.05) is 7.05 Å². The van der Waals surface area contributed by atoms with E-state index in [1.165, 1.54) is 69.5 Å². The van der Waals surface area contributed by atoms with E-state index in [0.29, 0.717) is 5.92 Å². The molecule has 4 rings (SSSR count). The van der Waals surface area contributed by atoms with E-state index in [1.807, 2.05) is 45.3 Å². The number of pyridine rings is 1. The smallest absolute Gasteiger partial charge is 0.0311 e. The first-order chi connectivity index (χ1) is 19.5. The Balaban J connectivity index is -0.000000456. The van der Waals surface area contributed by atoms with Crippen LogP contribution in [0.1, 0.15) is 110 Å². The third-order valence-electron chi connectivity index (χ3n) is 6.25. The first-order valence-electron chi connectivity index (χ1n) is 15.5. The Kier molecular flexibility index (Phi) is 32.4. The maximum Gasteiger partial charge on any atom is 0.0311 e. The molecule has 2 aromatic heterocycles. The second-order valence-electron chi connectivity index (χ2n) is 9.95. The Bertz CT molecular complexity index is 771. The number of hydrogen-bond acceptors (Lipinski definition) is 3. The van der Waals surface area contributed by atoms with Gasteiger partial charge in [-0.25, -0.2) is 0 Å². The first kappa shape index (κ1) is 41.9. The zero-order valence-electron chi connectivity index (χ0n) is 27.7. The average Bonchev–Trinajstić information content (AvgIpc) is 3.75. The molecule has 2 saturated carbocycles. The molecule has 0 aromatic carbocycles. The predicted octanol–water partition coefficient (Wildman–Crippen LogP) is 9.86. The summed E-state index contributed by atoms with van der Waals surface area (Å²) in [6, 6.07) is 6.89. The second-order valence-corrected chi connectivity index (χ2v) is 9.95. The van der Waals surface area contributed by atoms with Crippen LogP contribution in [0.15, 0.2) is 81.6 Å². The third-order valence-corrected chi connectivity index (χ3v) is 6.25. The quantitative estimate of drug-likeness (QED) is 0.335. The Morgan fingerprint density at radius 2 is 1.45 bits per heavy atom. The zero-order valence-corrected chi connectivity index (χ0v) is 27.7. The maximum absolute atomic E-state index is 4.50. The number of rotatable bonds is 7. The number of aryl methyl sites for hydroxylation is 1. The van der Waals surface area contributed by atoms with Gasteiger partial charge in [-0.1, -0.05) is 79.9 Å². The molecule has 0 amide bonds. The van der Waals surface area contributed by atoms with Gasteiger partial charge < -0.3 is 15.6 Å². The molecule has 3 N–H and O–H groups in total. The Labute approximate surface area is 250 Å². The van der Waals surface area contributed by atoms with E-state index in [2.05, 4.69) is 93.1 Å². The summed E-state index contributed by atoms with van der Waals surface area (Å²) in [5, 5.41) is 3.48. The van der Waals surface area contributed by atoms with Crippen LogP contribution in [0.2, 0.25) is 0 Å². The molecule has 40 heavy (non-hydrogen) atoms. The highest BCUT2D eigenvalue weighted by Gasteiger charge is 2.36. The fourth-order valence-corrected chi connectivity index (χ4v) is 4.29. The lowest BCUT2D eigenvalue weighted by atomic mass is 9.82. The molecule has 0 radical (unpaired) electrons. The van der Waals surface area contributed by atoms with Crippen molar-refractivity contribution in [1.29, 1.82) is 0 Å². The SMILES string of the molecule is C=C.C=CCc1ccncc1.C=CNC(C1CCCCC1)C1CC1.CC.CC(C)c1ccn(C)c1.CCC.CN. The third kappa shape index (κ3) is 22.2. The molecule has 0 aliphatic heterocycles. The van der Waals surface area contributed by atoms with Crippen LogP contribution in [0.4, 0.5) is 0 Å². The van der Waals surface area contributed by atoms with E-state index in [4.69, 9.17) is 0 Å². The summed E-state index contributed by atoms with van der Waals surface area (Å²) in [5.41, 5.74) is 7.18. The summed E-state index contributed by atoms with van der Waals surface area (Å²) in [7, 11) is 3.55. The van der Waals surface area contributed by atoms with E-state index >= 15 is 0 Å². The van der Waals surface area contributed by atoms with E-state index < -0.39 is 0 Å². The molecule has 2 aliphatic rings. The number of hydrogen-bond donors (Lipinski definition) is 2. The van der Waals surface area contributed by atoms with Gasteiger partial charge in [-0.15, -0.1) is 19.7 Å². The van der Waals surface area contributed by atoms with Crippen molar-refractivity contribution in [2.24, 2.45) is 24.6 Å². The Morgan fingerprint density at radius 3 is 1.80 bits per heavy atom. The van der Waals surface area contributed by atoms with Gasteiger partial charge in [0, 0.05) is 37.9 Å². The summed E-state index contributed by atoms with van der Waals surface area (Å²) < 4.78 is 2.08. The maximum atomic E-state index is 4.50. The van der Waals surface area contributed by atoms with E-state index in [1.54, 1.807) is 12.4 Å². The molecule has 230 valence electrons. The Hall–Kier alpha value is -2.59. The van der Waals surface area contributed by atoms with Crippen LogP contribution in [-0.4, -0.2) is 22.6 Å². The number of allylic oxidation sites excluding steroid dienone is 1. The Morgan fingerprint density at radius 1 is 0.950 bits per heavy atom. The molecular weight excluding hydrogens is 488 g/mol. The molecule has 2 aromatic rings. The van der Waals surface area contributed by atoms with Gasteiger partial charge in [-0.05, 0) is 92.4 Å². The van der Waals surface area contributed by atoms with Crippen molar-refractivity contribution in [3.05, 3.63) is 92.7 Å². The van der Waals surface area contributed by atoms with Crippen LogP contribution in [0.25, 0.3) is 0 Å². The standard InChI is InChI=1S/C12H21N.C8H13N.C8H9N.C3H8.C2H6.C2H4.CH5N/c1-2-13-12(11-8-9-11)10-6-4-3-5-7-10;1-7(2)8-4-5-9(3)6-8;1-2-3-8-4-6-9-7-5-8;1-3-2;3*1-2/h2,10-13H,1,3-9H2;4-7H,1-3H3;2,4-7H,1,3H2;3H2,1-2H3;1-2H3;1-2H2;2H2,1H3. The number of nitrogens with one attached hydrogen (secondary N) is 1. The fraction of sp³-hybridized carbons (Fsp3) is 0.583. The van der Waals surface area contributed by atoms with Crippen molar-refractivity contribution >= 4 is 0 Å². The molecule has 2 heterocycles. The summed E-state index contributed by atoms with van der Waals surface area (Å²) in [5.74, 6) is 2.58. The van der Waals surface area contributed by atoms with Gasteiger partial charge in [0.25, 0.3) is 0 Å². The van der Waals surface area contributed by atoms with Crippen molar-refractivity contribution < 1.29 is 0 Å². The predicted molar refractivity (Wildman–Crippen MR) is 183 cm³/mol. The normalized spacial score (nSPS) is 13.9. The van der Waals surface area contributed by atoms with Gasteiger partial charge in [0.15, 0.2) is 0 Å². The molecule has 2 fully saturated rings. The fourth-order valence-electron chi connectivity index (χ4n) is 4.29. The largest absolute Gasteiger partial charge is 0.388 e. The highest BCUT2D eigenvalue weighted by molar-refractivity contribution is 5.13. The lowest BCUT2D eigenvalue weighted by Crippen LogP contribution is -2.35. The van der Waals surface area contributed by atoms with Gasteiger partial charge in [-0.3, -0.25) is 4.98 Å². The zero-order chi connectivity index (χ0) is 31.2. The molecule has 4 nitrogen and oxygen atoms in total. The summed E-state index contributed by atoms with van der Waals surface area (Å²) in [6.45, 7) is 26.1. The van der Waals surface area contributed by atoms with Crippen LogP contribution in [0, 0.1) is 11.8 Å². The average molecular weight is 555 g/mol. The minimum absolute atomic E-state index is 0.659. The monoisotopic (exact) mass is 555 g/mol. The highest BCUT2D eigenvalue weighted by atomic mass is 14.9. The molecule has 0 bridgehead atoms. The molecule has 0 saturated heterocycles. The van der Waals surface area contributed by atoms with E-state index in [9.17, 15) is 0 Å². The second kappa shape index (κ2) is 30.9. The van der Waals surface area contributed by atoms with Crippen LogP contribution >= 0.6 is 0 Å². The summed E-state index contributed by atoms with van der Waals surface area (Å²) >= 11 is 0. The van der Waals surface area contributed by atoms with Gasteiger partial charge in [0.05, 0.1) is 0 Å². The van der Waals surface area contributed by atoms with Gasteiger partial charge in [0.1, 0.15) is 0 Å². The van der Waals surface area contributed by atoms with Crippen LogP contribution in [0.3, 0.4) is 0 Å². The van der Waals surface area contributed by atoms with Crippen LogP contribution in [-0.2, 0) is 13.5 Å². The number of aromatic nitrogens is 2. The minimum Gasteiger partial charge on any atom is -0.388 e. The van der Waals surface area contributed by atoms with Crippen LogP contribution < -0.4 is 11.1 Å². The van der Waals surface area contributed by atoms with E-state index in [-0.39, 0.29) is 0 Å². The van der Waals surface area contributed by atoms with Gasteiger partial charge in [-0.2, -0.15) is 0 Å². The van der Waals surface area contributed by atoms with Crippen LogP contribution in [0.5, 0.6) is 0 Å². The van der Waals surface area contributed by atoms with Crippen molar-refractivity contribution in [2.45, 2.75) is 111 Å². The number of nitrogens with two attached hydrogens (primary N) is 1. The van der Waals surface area contributed by atoms with E-state index in [0.717, 1.165) is 24.3 Å².